The number of halogens is 2. The highest BCUT2D eigenvalue weighted by Crippen LogP contribution is 2.30. The van der Waals surface area contributed by atoms with Crippen LogP contribution in [0, 0.1) is 0 Å². The molecule has 0 unspecified atom stereocenters. The number of aromatic nitrogens is 4. The predicted molar refractivity (Wildman–Crippen MR) is 143 cm³/mol. The highest BCUT2D eigenvalue weighted by Gasteiger charge is 2.28. The van der Waals surface area contributed by atoms with Gasteiger partial charge < -0.3 is 25.6 Å². The van der Waals surface area contributed by atoms with Crippen molar-refractivity contribution in [3.8, 4) is 5.82 Å². The minimum Gasteiger partial charge on any atom is -0.378 e. The number of hydrogen-bond acceptors (Lipinski definition) is 8. The van der Waals surface area contributed by atoms with Crippen molar-refractivity contribution in [2.75, 3.05) is 43.1 Å². The lowest BCUT2D eigenvalue weighted by atomic mass is 9.91. The van der Waals surface area contributed by atoms with Crippen molar-refractivity contribution in [2.45, 2.75) is 63.1 Å². The topological polar surface area (TPSA) is 109 Å². The number of rotatable bonds is 7. The first kappa shape index (κ1) is 25.9. The number of imidazole rings is 1. The van der Waals surface area contributed by atoms with Crippen LogP contribution in [0.5, 0.6) is 0 Å². The van der Waals surface area contributed by atoms with Gasteiger partial charge in [0.15, 0.2) is 5.82 Å². The molecule has 6 rings (SSSR count). The second kappa shape index (κ2) is 11.4. The first-order valence-corrected chi connectivity index (χ1v) is 13.8. The molecule has 0 radical (unpaired) electrons. The molecule has 2 aliphatic heterocycles. The second-order valence-electron chi connectivity index (χ2n) is 10.5. The van der Waals surface area contributed by atoms with Gasteiger partial charge in [0.25, 0.3) is 6.43 Å². The third-order valence-corrected chi connectivity index (χ3v) is 7.81. The number of hydrogen-bond donors (Lipinski definition) is 3. The number of carbonyl (C=O) groups is 1. The van der Waals surface area contributed by atoms with Crippen LogP contribution in [0.1, 0.15) is 50.8 Å². The van der Waals surface area contributed by atoms with Gasteiger partial charge in [-0.15, -0.1) is 0 Å². The summed E-state index contributed by atoms with van der Waals surface area (Å²) in [6.45, 7) is 3.25. The summed E-state index contributed by atoms with van der Waals surface area (Å²) in [4.78, 5) is 28.2. The summed E-state index contributed by atoms with van der Waals surface area (Å²) in [5.41, 5.74) is 1.06. The third kappa shape index (κ3) is 5.67. The minimum atomic E-state index is -2.76. The molecule has 3 aliphatic rings. The molecule has 0 bridgehead atoms. The van der Waals surface area contributed by atoms with E-state index in [-0.39, 0.29) is 29.9 Å². The molecule has 208 valence electrons. The number of alkyl halides is 2. The van der Waals surface area contributed by atoms with Crippen LogP contribution in [-0.2, 0) is 9.53 Å². The lowest BCUT2D eigenvalue weighted by molar-refractivity contribution is -0.123. The molecule has 3 fully saturated rings. The van der Waals surface area contributed by atoms with Gasteiger partial charge in [0.2, 0.25) is 11.9 Å². The Morgan fingerprint density at radius 1 is 1.03 bits per heavy atom. The van der Waals surface area contributed by atoms with Gasteiger partial charge in [0.1, 0.15) is 11.6 Å². The van der Waals surface area contributed by atoms with E-state index in [1.54, 1.807) is 30.3 Å². The number of morpholine rings is 1. The van der Waals surface area contributed by atoms with Crippen LogP contribution in [0.15, 0.2) is 30.3 Å². The first-order valence-electron chi connectivity index (χ1n) is 13.8. The zero-order valence-corrected chi connectivity index (χ0v) is 21.8. The molecule has 3 aromatic rings. The molecule has 1 aliphatic carbocycles. The molecule has 2 aromatic heterocycles. The number of benzene rings is 1. The van der Waals surface area contributed by atoms with Gasteiger partial charge in [-0.05, 0) is 57.2 Å². The predicted octanol–water partition coefficient (Wildman–Crippen LogP) is 3.18. The van der Waals surface area contributed by atoms with Crippen LogP contribution in [0.4, 0.5) is 20.5 Å². The van der Waals surface area contributed by atoms with Crippen molar-refractivity contribution in [3.63, 3.8) is 0 Å². The van der Waals surface area contributed by atoms with Gasteiger partial charge in [-0.3, -0.25) is 9.36 Å². The quantitative estimate of drug-likeness (QED) is 0.419. The Bertz CT molecular complexity index is 1300. The van der Waals surface area contributed by atoms with E-state index in [2.05, 4.69) is 20.9 Å². The van der Waals surface area contributed by atoms with Crippen LogP contribution in [0.25, 0.3) is 16.9 Å². The zero-order valence-electron chi connectivity index (χ0n) is 21.8. The van der Waals surface area contributed by atoms with Crippen molar-refractivity contribution in [1.82, 2.24) is 30.2 Å². The summed E-state index contributed by atoms with van der Waals surface area (Å²) in [6.07, 6.45) is 2.63. The minimum absolute atomic E-state index is 0.0729. The van der Waals surface area contributed by atoms with E-state index >= 15 is 0 Å². The molecule has 1 aromatic carbocycles. The SMILES string of the molecule is O=C(NC1CCC(Nc2cc(-n3c(C(F)F)nc4ccccc43)nc(N3CCOCC3)n2)CC1)[C@@H]1CCCN1. The van der Waals surface area contributed by atoms with Crippen molar-refractivity contribution < 1.29 is 18.3 Å². The number of fused-ring (bicyclic) bond motifs is 1. The fraction of sp³-hybridized carbons (Fsp3) is 0.556. The number of nitrogens with one attached hydrogen (secondary N) is 3. The molecule has 3 N–H and O–H groups in total. The van der Waals surface area contributed by atoms with Crippen LogP contribution in [-0.4, -0.2) is 76.4 Å². The molecule has 10 nitrogen and oxygen atoms in total. The van der Waals surface area contributed by atoms with Gasteiger partial charge >= 0.3 is 0 Å². The highest BCUT2D eigenvalue weighted by molar-refractivity contribution is 5.82. The molecular weight excluding hydrogens is 506 g/mol. The summed E-state index contributed by atoms with van der Waals surface area (Å²) >= 11 is 0. The molecule has 0 spiro atoms. The van der Waals surface area contributed by atoms with Crippen LogP contribution in [0.2, 0.25) is 0 Å². The fourth-order valence-electron chi connectivity index (χ4n) is 5.75. The van der Waals surface area contributed by atoms with Crippen LogP contribution in [0.3, 0.4) is 0 Å². The highest BCUT2D eigenvalue weighted by atomic mass is 19.3. The van der Waals surface area contributed by atoms with E-state index in [1.807, 2.05) is 4.90 Å². The summed E-state index contributed by atoms with van der Waals surface area (Å²) in [5, 5.41) is 9.99. The Labute approximate surface area is 225 Å². The maximum absolute atomic E-state index is 14.1. The van der Waals surface area contributed by atoms with Gasteiger partial charge in [-0.1, -0.05) is 12.1 Å². The van der Waals surface area contributed by atoms with Crippen LogP contribution >= 0.6 is 0 Å². The number of amides is 1. The Morgan fingerprint density at radius 2 is 1.79 bits per heavy atom. The maximum Gasteiger partial charge on any atom is 0.296 e. The lowest BCUT2D eigenvalue weighted by Crippen LogP contribution is -2.47. The van der Waals surface area contributed by atoms with E-state index in [4.69, 9.17) is 14.7 Å². The molecule has 1 saturated carbocycles. The molecule has 12 heteroatoms. The van der Waals surface area contributed by atoms with E-state index in [0.717, 1.165) is 45.1 Å². The van der Waals surface area contributed by atoms with E-state index in [9.17, 15) is 13.6 Å². The molecule has 4 heterocycles. The van der Waals surface area contributed by atoms with E-state index in [1.165, 1.54) is 4.57 Å². The number of anilines is 2. The van der Waals surface area contributed by atoms with E-state index in [0.29, 0.717) is 54.9 Å². The summed E-state index contributed by atoms with van der Waals surface area (Å²) in [7, 11) is 0. The molecule has 1 atom stereocenters. The van der Waals surface area contributed by atoms with Gasteiger partial charge in [0.05, 0.1) is 30.3 Å². The summed E-state index contributed by atoms with van der Waals surface area (Å²) in [6, 6.07) is 9.05. The first-order chi connectivity index (χ1) is 19.0. The Kier molecular flexibility index (Phi) is 7.55. The second-order valence-corrected chi connectivity index (χ2v) is 10.5. The standard InChI is InChI=1S/C27H34F2N8O2/c28-24(29)25-33-19-4-1-2-6-21(19)37(25)23-16-22(34-27(35-23)36-12-14-39-15-13-36)31-17-7-9-18(10-8-17)32-26(38)20-5-3-11-30-20/h1-2,4,6,16-18,20,24,30H,3,5,7-15H2,(H,32,38)(H,31,34,35)/t17?,18?,20-/m0/s1. The molecular formula is C27H34F2N8O2. The number of para-hydroxylation sites is 2. The monoisotopic (exact) mass is 540 g/mol. The zero-order chi connectivity index (χ0) is 26.8. The van der Waals surface area contributed by atoms with Crippen molar-refractivity contribution in [2.24, 2.45) is 0 Å². The van der Waals surface area contributed by atoms with Gasteiger partial charge in [-0.2, -0.15) is 9.97 Å². The number of ether oxygens (including phenoxy) is 1. The van der Waals surface area contributed by atoms with Gasteiger partial charge in [-0.25, -0.2) is 13.8 Å². The average molecular weight is 541 g/mol. The largest absolute Gasteiger partial charge is 0.378 e. The van der Waals surface area contributed by atoms with E-state index < -0.39 is 6.43 Å². The Morgan fingerprint density at radius 3 is 2.54 bits per heavy atom. The third-order valence-electron chi connectivity index (χ3n) is 7.81. The maximum atomic E-state index is 14.1. The smallest absolute Gasteiger partial charge is 0.296 e. The fourth-order valence-corrected chi connectivity index (χ4v) is 5.75. The van der Waals surface area contributed by atoms with Gasteiger partial charge in [0, 0.05) is 31.2 Å². The lowest BCUT2D eigenvalue weighted by Gasteiger charge is -2.31. The van der Waals surface area contributed by atoms with Crippen molar-refractivity contribution >= 4 is 28.7 Å². The Balaban J connectivity index is 1.24. The van der Waals surface area contributed by atoms with Crippen LogP contribution < -0.4 is 20.9 Å². The normalized spacial score (nSPS) is 23.9. The Hall–Kier alpha value is -3.38. The summed E-state index contributed by atoms with van der Waals surface area (Å²) in [5.74, 6) is 1.16. The summed E-state index contributed by atoms with van der Waals surface area (Å²) < 4.78 is 35.1. The number of carbonyl (C=O) groups excluding carboxylic acids is 1. The van der Waals surface area contributed by atoms with Crippen molar-refractivity contribution in [1.29, 1.82) is 0 Å². The molecule has 39 heavy (non-hydrogen) atoms. The molecule has 2 saturated heterocycles. The average Bonchev–Trinajstić information content (AvgIpc) is 3.63. The van der Waals surface area contributed by atoms with Crippen molar-refractivity contribution in [3.05, 3.63) is 36.2 Å². The molecule has 1 amide bonds. The number of nitrogens with zero attached hydrogens (tertiary/aromatic N) is 5.